The lowest BCUT2D eigenvalue weighted by Crippen LogP contribution is -2.32. The monoisotopic (exact) mass is 314 g/mol. The molecule has 1 atom stereocenters. The molecule has 2 aromatic rings. The van der Waals surface area contributed by atoms with Gasteiger partial charge in [-0.05, 0) is 44.7 Å². The van der Waals surface area contributed by atoms with Gasteiger partial charge in [-0.3, -0.25) is 4.79 Å². The van der Waals surface area contributed by atoms with Crippen molar-refractivity contribution in [3.05, 3.63) is 51.0 Å². The summed E-state index contributed by atoms with van der Waals surface area (Å²) in [6.07, 6.45) is 4.42. The molecule has 3 rings (SSSR count). The molecule has 0 radical (unpaired) electrons. The third kappa shape index (κ3) is 3.07. The van der Waals surface area contributed by atoms with Gasteiger partial charge in [-0.1, -0.05) is 23.8 Å². The van der Waals surface area contributed by atoms with Gasteiger partial charge in [-0.15, -0.1) is 11.3 Å². The van der Waals surface area contributed by atoms with Crippen molar-refractivity contribution in [2.24, 2.45) is 0 Å². The Morgan fingerprint density at radius 3 is 2.91 bits per heavy atom. The highest BCUT2D eigenvalue weighted by molar-refractivity contribution is 7.11. The van der Waals surface area contributed by atoms with E-state index in [0.29, 0.717) is 6.42 Å². The van der Waals surface area contributed by atoms with Crippen molar-refractivity contribution in [3.8, 4) is 0 Å². The van der Waals surface area contributed by atoms with E-state index < -0.39 is 0 Å². The predicted molar refractivity (Wildman–Crippen MR) is 90.2 cm³/mol. The molecule has 2 heterocycles. The molecule has 0 bridgehead atoms. The number of aromatic nitrogens is 1. The maximum atomic E-state index is 12.7. The van der Waals surface area contributed by atoms with Gasteiger partial charge in [0.2, 0.25) is 5.91 Å². The Morgan fingerprint density at radius 2 is 2.18 bits per heavy atom. The molecule has 0 saturated carbocycles. The molecule has 1 aromatic carbocycles. The molecule has 0 N–H and O–H groups in total. The van der Waals surface area contributed by atoms with E-state index in [1.54, 1.807) is 11.3 Å². The average Bonchev–Trinajstić information content (AvgIpc) is 3.10. The molecule has 3 nitrogen and oxygen atoms in total. The predicted octanol–water partition coefficient (Wildman–Crippen LogP) is 3.97. The van der Waals surface area contributed by atoms with Crippen molar-refractivity contribution in [1.29, 1.82) is 0 Å². The van der Waals surface area contributed by atoms with E-state index in [1.165, 1.54) is 16.7 Å². The standard InChI is InChI=1S/C18H22N2OS/c1-12-6-7-13(2)15(9-12)16-5-4-8-20(16)18(21)10-17-19-11-14(3)22-17/h6-7,9,11,16H,4-5,8,10H2,1-3H3. The molecular weight excluding hydrogens is 292 g/mol. The first-order valence-electron chi connectivity index (χ1n) is 7.82. The number of likely N-dealkylation sites (tertiary alicyclic amines) is 1. The first-order valence-corrected chi connectivity index (χ1v) is 8.64. The van der Waals surface area contributed by atoms with Crippen LogP contribution in [0.2, 0.25) is 0 Å². The van der Waals surface area contributed by atoms with Crippen LogP contribution in [0, 0.1) is 20.8 Å². The molecule has 1 amide bonds. The number of nitrogens with zero attached hydrogens (tertiary/aromatic N) is 2. The number of hydrogen-bond donors (Lipinski definition) is 0. The first kappa shape index (κ1) is 15.2. The van der Waals surface area contributed by atoms with Crippen LogP contribution in [0.15, 0.2) is 24.4 Å². The van der Waals surface area contributed by atoms with Crippen molar-refractivity contribution >= 4 is 17.2 Å². The summed E-state index contributed by atoms with van der Waals surface area (Å²) in [5, 5.41) is 0.925. The van der Waals surface area contributed by atoms with Gasteiger partial charge < -0.3 is 4.90 Å². The SMILES string of the molecule is Cc1ccc(C)c(C2CCCN2C(=O)Cc2ncc(C)s2)c1. The number of aryl methyl sites for hydroxylation is 3. The highest BCUT2D eigenvalue weighted by atomic mass is 32.1. The second-order valence-corrected chi connectivity index (χ2v) is 7.47. The van der Waals surface area contributed by atoms with E-state index in [4.69, 9.17) is 0 Å². The molecule has 0 aliphatic carbocycles. The smallest absolute Gasteiger partial charge is 0.229 e. The zero-order valence-electron chi connectivity index (χ0n) is 13.4. The van der Waals surface area contributed by atoms with Crippen LogP contribution in [-0.2, 0) is 11.2 Å². The van der Waals surface area contributed by atoms with Crippen LogP contribution in [0.1, 0.15) is 45.5 Å². The van der Waals surface area contributed by atoms with Crippen molar-refractivity contribution in [3.63, 3.8) is 0 Å². The Balaban J connectivity index is 1.80. The van der Waals surface area contributed by atoms with E-state index >= 15 is 0 Å². The lowest BCUT2D eigenvalue weighted by atomic mass is 9.97. The molecule has 1 aliphatic heterocycles. The van der Waals surface area contributed by atoms with Crippen molar-refractivity contribution in [2.45, 2.75) is 46.1 Å². The normalized spacial score (nSPS) is 18.0. The van der Waals surface area contributed by atoms with Crippen LogP contribution in [0.25, 0.3) is 0 Å². The zero-order chi connectivity index (χ0) is 15.7. The molecule has 1 fully saturated rings. The van der Waals surface area contributed by atoms with Gasteiger partial charge in [0.15, 0.2) is 0 Å². The van der Waals surface area contributed by atoms with Gasteiger partial charge in [0.25, 0.3) is 0 Å². The summed E-state index contributed by atoms with van der Waals surface area (Å²) in [6.45, 7) is 7.14. The Labute approximate surface area is 136 Å². The van der Waals surface area contributed by atoms with Crippen molar-refractivity contribution in [2.75, 3.05) is 6.54 Å². The summed E-state index contributed by atoms with van der Waals surface area (Å²) >= 11 is 1.62. The van der Waals surface area contributed by atoms with Crippen molar-refractivity contribution in [1.82, 2.24) is 9.88 Å². The summed E-state index contributed by atoms with van der Waals surface area (Å²) in [5.41, 5.74) is 3.84. The molecule has 1 saturated heterocycles. The van der Waals surface area contributed by atoms with E-state index in [-0.39, 0.29) is 11.9 Å². The van der Waals surface area contributed by atoms with Crippen LogP contribution in [0.3, 0.4) is 0 Å². The van der Waals surface area contributed by atoms with Crippen LogP contribution in [0.5, 0.6) is 0 Å². The maximum Gasteiger partial charge on any atom is 0.229 e. The fraction of sp³-hybridized carbons (Fsp3) is 0.444. The van der Waals surface area contributed by atoms with E-state index in [9.17, 15) is 4.79 Å². The summed E-state index contributed by atoms with van der Waals surface area (Å²) in [4.78, 5) is 20.2. The molecule has 4 heteroatoms. The number of carbonyl (C=O) groups is 1. The topological polar surface area (TPSA) is 33.2 Å². The molecule has 1 aliphatic rings. The van der Waals surface area contributed by atoms with Gasteiger partial charge in [0, 0.05) is 17.6 Å². The fourth-order valence-corrected chi connectivity index (χ4v) is 4.00. The Bertz CT molecular complexity index is 692. The largest absolute Gasteiger partial charge is 0.335 e. The molecule has 1 unspecified atom stereocenters. The maximum absolute atomic E-state index is 12.7. The van der Waals surface area contributed by atoms with E-state index in [1.807, 2.05) is 13.1 Å². The third-order valence-electron chi connectivity index (χ3n) is 4.34. The summed E-state index contributed by atoms with van der Waals surface area (Å²) in [6, 6.07) is 6.77. The van der Waals surface area contributed by atoms with E-state index in [0.717, 1.165) is 29.3 Å². The zero-order valence-corrected chi connectivity index (χ0v) is 14.2. The highest BCUT2D eigenvalue weighted by Crippen LogP contribution is 2.34. The summed E-state index contributed by atoms with van der Waals surface area (Å²) in [7, 11) is 0. The number of benzene rings is 1. The minimum absolute atomic E-state index is 0.206. The lowest BCUT2D eigenvalue weighted by Gasteiger charge is -2.26. The molecule has 22 heavy (non-hydrogen) atoms. The lowest BCUT2D eigenvalue weighted by molar-refractivity contribution is -0.131. The average molecular weight is 314 g/mol. The molecule has 116 valence electrons. The molecule has 1 aromatic heterocycles. The number of thiazole rings is 1. The van der Waals surface area contributed by atoms with Crippen LogP contribution >= 0.6 is 11.3 Å². The van der Waals surface area contributed by atoms with Crippen LogP contribution < -0.4 is 0 Å². The highest BCUT2D eigenvalue weighted by Gasteiger charge is 2.31. The van der Waals surface area contributed by atoms with Gasteiger partial charge in [0.05, 0.1) is 12.5 Å². The minimum Gasteiger partial charge on any atom is -0.335 e. The molecular formula is C18H22N2OS. The van der Waals surface area contributed by atoms with E-state index in [2.05, 4.69) is 41.9 Å². The fourth-order valence-electron chi connectivity index (χ4n) is 3.22. The van der Waals surface area contributed by atoms with Crippen LogP contribution in [-0.4, -0.2) is 22.3 Å². The van der Waals surface area contributed by atoms with Crippen LogP contribution in [0.4, 0.5) is 0 Å². The number of hydrogen-bond acceptors (Lipinski definition) is 3. The Morgan fingerprint density at radius 1 is 1.36 bits per heavy atom. The number of amides is 1. The third-order valence-corrected chi connectivity index (χ3v) is 5.25. The second kappa shape index (κ2) is 6.21. The van der Waals surface area contributed by atoms with Gasteiger partial charge in [-0.25, -0.2) is 4.98 Å². The minimum atomic E-state index is 0.206. The summed E-state index contributed by atoms with van der Waals surface area (Å²) in [5.74, 6) is 0.206. The Kier molecular flexibility index (Phi) is 4.30. The van der Waals surface area contributed by atoms with Crippen molar-refractivity contribution < 1.29 is 4.79 Å². The Hall–Kier alpha value is -1.68. The van der Waals surface area contributed by atoms with Gasteiger partial charge in [0.1, 0.15) is 5.01 Å². The van der Waals surface area contributed by atoms with Gasteiger partial charge in [-0.2, -0.15) is 0 Å². The first-order chi connectivity index (χ1) is 10.5. The van der Waals surface area contributed by atoms with Gasteiger partial charge >= 0.3 is 0 Å². The number of rotatable bonds is 3. The number of carbonyl (C=O) groups excluding carboxylic acids is 1. The second-order valence-electron chi connectivity index (χ2n) is 6.15. The summed E-state index contributed by atoms with van der Waals surface area (Å²) < 4.78 is 0. The molecule has 0 spiro atoms. The quantitative estimate of drug-likeness (QED) is 0.858.